The molecule has 1 amide bonds. The van der Waals surface area contributed by atoms with Crippen molar-refractivity contribution in [2.24, 2.45) is 16.6 Å². The summed E-state index contributed by atoms with van der Waals surface area (Å²) in [6.45, 7) is 3.14. The number of hydrogen-bond donors (Lipinski definition) is 4. The average Bonchev–Trinajstić information content (AvgIpc) is 2.67. The fraction of sp³-hybridized carbons (Fsp3) is 0.316. The molecule has 0 fully saturated rings. The largest absolute Gasteiger partial charge is 0.391 e. The molecule has 0 radical (unpaired) electrons. The number of aromatic nitrogens is 1. The first-order valence-electron chi connectivity index (χ1n) is 8.88. The standard InChI is InChI=1S/C18H24N6O5S.CH4/c1-12-5-3-4-6-15(12)30(27,28)23-14-8-7-13(2)24(17(14)26)11-16(25)21-9-10-29-22-18(19)20;/h3-8,23H,9-11H2,1-2H3,(H,21,25)(H4,19,20,22);1H4. The molecule has 2 aromatic rings. The smallest absolute Gasteiger partial charge is 0.275 e. The molecule has 1 aromatic heterocycles. The second kappa shape index (κ2) is 11.0. The number of rotatable bonds is 9. The predicted octanol–water partition coefficient (Wildman–Crippen LogP) is 0.223. The van der Waals surface area contributed by atoms with Crippen LogP contribution in [0.3, 0.4) is 0 Å². The Bertz CT molecular complexity index is 1110. The Labute approximate surface area is 181 Å². The van der Waals surface area contributed by atoms with Gasteiger partial charge in [-0.15, -0.1) is 0 Å². The normalized spacial score (nSPS) is 10.5. The Hall–Kier alpha value is -3.54. The van der Waals surface area contributed by atoms with Crippen molar-refractivity contribution in [3.63, 3.8) is 0 Å². The highest BCUT2D eigenvalue weighted by Crippen LogP contribution is 2.17. The Kier molecular flexibility index (Phi) is 9.06. The molecule has 0 spiro atoms. The lowest BCUT2D eigenvalue weighted by Gasteiger charge is -2.14. The highest BCUT2D eigenvalue weighted by Gasteiger charge is 2.19. The predicted molar refractivity (Wildman–Crippen MR) is 119 cm³/mol. The number of sulfonamides is 1. The molecule has 0 aliphatic carbocycles. The Balaban J connectivity index is 0.00000480. The first-order valence-corrected chi connectivity index (χ1v) is 10.4. The molecule has 2 rings (SSSR count). The number of anilines is 1. The number of nitrogens with two attached hydrogens (primary N) is 2. The van der Waals surface area contributed by atoms with Crippen LogP contribution in [0.4, 0.5) is 5.69 Å². The molecule has 1 heterocycles. The van der Waals surface area contributed by atoms with Gasteiger partial charge in [0.15, 0.2) is 0 Å². The molecule has 0 saturated heterocycles. The van der Waals surface area contributed by atoms with Crippen molar-refractivity contribution in [2.45, 2.75) is 32.7 Å². The van der Waals surface area contributed by atoms with E-state index in [0.717, 1.165) is 0 Å². The van der Waals surface area contributed by atoms with Crippen LogP contribution in [0.15, 0.2) is 51.2 Å². The third kappa shape index (κ3) is 7.03. The van der Waals surface area contributed by atoms with Crippen LogP contribution in [0.2, 0.25) is 0 Å². The van der Waals surface area contributed by atoms with E-state index in [1.165, 1.54) is 16.7 Å². The van der Waals surface area contributed by atoms with Crippen LogP contribution in [-0.4, -0.2) is 38.0 Å². The molecule has 11 nitrogen and oxygen atoms in total. The number of hydrogen-bond acceptors (Lipinski definition) is 6. The maximum Gasteiger partial charge on any atom is 0.275 e. The minimum absolute atomic E-state index is 0. The molecule has 1 aromatic carbocycles. The fourth-order valence-electron chi connectivity index (χ4n) is 2.56. The number of carbonyl (C=O) groups is 1. The Morgan fingerprint density at radius 2 is 1.84 bits per heavy atom. The molecule has 12 heteroatoms. The third-order valence-corrected chi connectivity index (χ3v) is 5.53. The highest BCUT2D eigenvalue weighted by atomic mass is 32.2. The van der Waals surface area contributed by atoms with Gasteiger partial charge in [0.05, 0.1) is 11.4 Å². The number of guanidine groups is 1. The molecule has 0 bridgehead atoms. The zero-order chi connectivity index (χ0) is 22.3. The van der Waals surface area contributed by atoms with E-state index in [2.05, 4.69) is 15.2 Å². The summed E-state index contributed by atoms with van der Waals surface area (Å²) in [5.74, 6) is -0.708. The number of pyridine rings is 1. The van der Waals surface area contributed by atoms with Crippen LogP contribution < -0.4 is 27.1 Å². The lowest BCUT2D eigenvalue weighted by Crippen LogP contribution is -2.36. The summed E-state index contributed by atoms with van der Waals surface area (Å²) in [5.41, 5.74) is 10.4. The quantitative estimate of drug-likeness (QED) is 0.182. The number of oxime groups is 1. The number of aryl methyl sites for hydroxylation is 2. The topological polar surface area (TPSA) is 171 Å². The molecule has 0 unspecified atom stereocenters. The van der Waals surface area contributed by atoms with Gasteiger partial charge in [-0.25, -0.2) is 8.42 Å². The van der Waals surface area contributed by atoms with Crippen molar-refractivity contribution in [3.05, 3.63) is 58.0 Å². The van der Waals surface area contributed by atoms with E-state index in [9.17, 15) is 18.0 Å². The monoisotopic (exact) mass is 452 g/mol. The van der Waals surface area contributed by atoms with Crippen molar-refractivity contribution < 1.29 is 18.0 Å². The van der Waals surface area contributed by atoms with E-state index in [0.29, 0.717) is 11.3 Å². The zero-order valence-corrected chi connectivity index (χ0v) is 17.4. The zero-order valence-electron chi connectivity index (χ0n) is 16.6. The fourth-order valence-corrected chi connectivity index (χ4v) is 3.86. The molecule has 0 atom stereocenters. The Morgan fingerprint density at radius 3 is 2.48 bits per heavy atom. The molecule has 0 aliphatic rings. The van der Waals surface area contributed by atoms with Crippen LogP contribution >= 0.6 is 0 Å². The maximum absolute atomic E-state index is 12.8. The Morgan fingerprint density at radius 1 is 1.16 bits per heavy atom. The lowest BCUT2D eigenvalue weighted by molar-refractivity contribution is -0.122. The second-order valence-corrected chi connectivity index (χ2v) is 8.00. The second-order valence-electron chi connectivity index (χ2n) is 6.35. The number of benzene rings is 1. The third-order valence-electron chi connectivity index (χ3n) is 4.01. The van der Waals surface area contributed by atoms with Gasteiger partial charge in [-0.05, 0) is 42.8 Å². The molecule has 0 saturated carbocycles. The minimum Gasteiger partial charge on any atom is -0.391 e. The average molecular weight is 453 g/mol. The van der Waals surface area contributed by atoms with Gasteiger partial charge in [-0.3, -0.25) is 14.3 Å². The van der Waals surface area contributed by atoms with E-state index >= 15 is 0 Å². The SMILES string of the molecule is C.Cc1ccccc1S(=O)(=O)Nc1ccc(C)n(CC(=O)NCCON=C(N)N)c1=O. The molecule has 6 N–H and O–H groups in total. The highest BCUT2D eigenvalue weighted by molar-refractivity contribution is 7.92. The van der Waals surface area contributed by atoms with E-state index in [4.69, 9.17) is 16.3 Å². The van der Waals surface area contributed by atoms with Gasteiger partial charge in [0.2, 0.25) is 11.9 Å². The number of nitrogens with zero attached hydrogens (tertiary/aromatic N) is 2. The van der Waals surface area contributed by atoms with Gasteiger partial charge < -0.3 is 26.2 Å². The van der Waals surface area contributed by atoms with Gasteiger partial charge in [0.1, 0.15) is 18.8 Å². The van der Waals surface area contributed by atoms with Gasteiger partial charge >= 0.3 is 0 Å². The van der Waals surface area contributed by atoms with E-state index < -0.39 is 21.5 Å². The molecule has 170 valence electrons. The van der Waals surface area contributed by atoms with E-state index in [-0.39, 0.29) is 43.7 Å². The van der Waals surface area contributed by atoms with E-state index in [1.54, 1.807) is 38.1 Å². The number of amides is 1. The van der Waals surface area contributed by atoms with Crippen LogP contribution in [0.5, 0.6) is 0 Å². The van der Waals surface area contributed by atoms with Crippen LogP contribution in [0, 0.1) is 13.8 Å². The lowest BCUT2D eigenvalue weighted by atomic mass is 10.2. The van der Waals surface area contributed by atoms with Crippen molar-refractivity contribution >= 4 is 27.6 Å². The van der Waals surface area contributed by atoms with Gasteiger partial charge in [-0.1, -0.05) is 25.6 Å². The van der Waals surface area contributed by atoms with Crippen molar-refractivity contribution in [1.82, 2.24) is 9.88 Å². The summed E-state index contributed by atoms with van der Waals surface area (Å²) in [7, 11) is -3.97. The number of nitrogens with one attached hydrogen (secondary N) is 2. The van der Waals surface area contributed by atoms with Crippen LogP contribution in [0.25, 0.3) is 0 Å². The first-order chi connectivity index (χ1) is 14.1. The summed E-state index contributed by atoms with van der Waals surface area (Å²) < 4.78 is 28.8. The van der Waals surface area contributed by atoms with E-state index in [1.807, 2.05) is 0 Å². The van der Waals surface area contributed by atoms with Gasteiger partial charge in [0.25, 0.3) is 15.6 Å². The molecular formula is C19H28N6O5S. The summed E-state index contributed by atoms with van der Waals surface area (Å²) in [5, 5.41) is 5.86. The van der Waals surface area contributed by atoms with Gasteiger partial charge in [0, 0.05) is 5.69 Å². The van der Waals surface area contributed by atoms with Crippen LogP contribution in [-0.2, 0) is 26.2 Å². The van der Waals surface area contributed by atoms with Crippen molar-refractivity contribution in [1.29, 1.82) is 0 Å². The van der Waals surface area contributed by atoms with Gasteiger partial charge in [-0.2, -0.15) is 0 Å². The van der Waals surface area contributed by atoms with Crippen molar-refractivity contribution in [3.8, 4) is 0 Å². The molecular weight excluding hydrogens is 424 g/mol. The molecule has 31 heavy (non-hydrogen) atoms. The van der Waals surface area contributed by atoms with Crippen LogP contribution in [0.1, 0.15) is 18.7 Å². The molecule has 0 aliphatic heterocycles. The summed E-state index contributed by atoms with van der Waals surface area (Å²) in [4.78, 5) is 29.7. The first kappa shape index (κ1) is 25.5. The summed E-state index contributed by atoms with van der Waals surface area (Å²) in [6, 6.07) is 9.33. The maximum atomic E-state index is 12.8. The van der Waals surface area contributed by atoms with Crippen molar-refractivity contribution in [2.75, 3.05) is 17.9 Å². The minimum atomic E-state index is -3.97. The summed E-state index contributed by atoms with van der Waals surface area (Å²) in [6.07, 6.45) is 0. The number of carbonyl (C=O) groups excluding carboxylic acids is 1. The summed E-state index contributed by atoms with van der Waals surface area (Å²) >= 11 is 0.